The number of carbonyl (C=O) groups excluding carboxylic acids is 3. The molecule has 0 aliphatic carbocycles. The van der Waals surface area contributed by atoms with E-state index in [-0.39, 0.29) is 6.61 Å². The van der Waals surface area contributed by atoms with Crippen LogP contribution in [0.25, 0.3) is 0 Å². The zero-order chi connectivity index (χ0) is 18.8. The molecule has 0 atom stereocenters. The number of hydrogen-bond acceptors (Lipinski definition) is 6. The largest absolute Gasteiger partial charge is 0.462 e. The minimum Gasteiger partial charge on any atom is -0.462 e. The van der Waals surface area contributed by atoms with Gasteiger partial charge in [0.25, 0.3) is 5.91 Å². The van der Waals surface area contributed by atoms with Gasteiger partial charge in [-0.25, -0.2) is 9.59 Å². The summed E-state index contributed by atoms with van der Waals surface area (Å²) in [4.78, 5) is 36.6. The maximum Gasteiger partial charge on any atom is 0.341 e. The van der Waals surface area contributed by atoms with Crippen LogP contribution in [0.1, 0.15) is 41.6 Å². The Hall–Kier alpha value is -2.41. The molecule has 1 amide bonds. The minimum absolute atomic E-state index is 0.250. The van der Waals surface area contributed by atoms with Crippen LogP contribution in [0.3, 0.4) is 0 Å². The Kier molecular flexibility index (Phi) is 8.63. The molecule has 0 aliphatic heterocycles. The summed E-state index contributed by atoms with van der Waals surface area (Å²) in [6.07, 6.45) is 6.83. The van der Waals surface area contributed by atoms with E-state index in [2.05, 4.69) is 5.32 Å². The van der Waals surface area contributed by atoms with Crippen molar-refractivity contribution in [3.05, 3.63) is 40.3 Å². The molecule has 0 unspecified atom stereocenters. The zero-order valence-electron chi connectivity index (χ0n) is 14.9. The molecule has 0 radical (unpaired) electrons. The topological polar surface area (TPSA) is 81.7 Å². The van der Waals surface area contributed by atoms with E-state index >= 15 is 0 Å². The van der Waals surface area contributed by atoms with Gasteiger partial charge in [0, 0.05) is 11.0 Å². The van der Waals surface area contributed by atoms with Gasteiger partial charge >= 0.3 is 11.9 Å². The van der Waals surface area contributed by atoms with Gasteiger partial charge in [0.05, 0.1) is 12.2 Å². The number of esters is 2. The summed E-state index contributed by atoms with van der Waals surface area (Å²) in [5.41, 5.74) is 1.23. The molecule has 136 valence electrons. The van der Waals surface area contributed by atoms with Gasteiger partial charge in [-0.05, 0) is 32.8 Å². The predicted octanol–water partition coefficient (Wildman–Crippen LogP) is 3.41. The Labute approximate surface area is 151 Å². The number of carbonyl (C=O) groups is 3. The molecule has 0 saturated carbocycles. The number of hydrogen-bond donors (Lipinski definition) is 1. The summed E-state index contributed by atoms with van der Waals surface area (Å²) in [6, 6.07) is 0. The number of rotatable bonds is 8. The number of anilines is 1. The van der Waals surface area contributed by atoms with Gasteiger partial charge in [0.15, 0.2) is 6.61 Å². The highest BCUT2D eigenvalue weighted by atomic mass is 32.1. The number of ether oxygens (including phenoxy) is 2. The molecule has 1 heterocycles. The molecule has 0 fully saturated rings. The second-order valence-electron chi connectivity index (χ2n) is 4.96. The van der Waals surface area contributed by atoms with Gasteiger partial charge in [-0.15, -0.1) is 11.3 Å². The van der Waals surface area contributed by atoms with E-state index in [4.69, 9.17) is 9.47 Å². The second-order valence-corrected chi connectivity index (χ2v) is 6.18. The Morgan fingerprint density at radius 1 is 1.16 bits per heavy atom. The van der Waals surface area contributed by atoms with Crippen LogP contribution in [-0.2, 0) is 25.5 Å². The molecule has 7 heteroatoms. The molecule has 1 aromatic heterocycles. The van der Waals surface area contributed by atoms with Crippen molar-refractivity contribution < 1.29 is 23.9 Å². The van der Waals surface area contributed by atoms with Crippen LogP contribution in [0.4, 0.5) is 5.00 Å². The van der Waals surface area contributed by atoms with Gasteiger partial charge in [-0.1, -0.05) is 25.2 Å². The summed E-state index contributed by atoms with van der Waals surface area (Å²) >= 11 is 1.30. The lowest BCUT2D eigenvalue weighted by Gasteiger charge is -2.08. The third-order valence-electron chi connectivity index (χ3n) is 3.18. The molecule has 1 rings (SSSR count). The number of amides is 1. The van der Waals surface area contributed by atoms with Crippen molar-refractivity contribution in [3.63, 3.8) is 0 Å². The number of nitrogens with one attached hydrogen (secondary N) is 1. The fourth-order valence-corrected chi connectivity index (χ4v) is 3.25. The van der Waals surface area contributed by atoms with Crippen LogP contribution in [0.15, 0.2) is 24.3 Å². The second kappa shape index (κ2) is 10.5. The van der Waals surface area contributed by atoms with E-state index in [9.17, 15) is 14.4 Å². The minimum atomic E-state index is -0.615. The van der Waals surface area contributed by atoms with E-state index in [1.54, 1.807) is 19.1 Å². The molecule has 6 nitrogen and oxygen atoms in total. The molecule has 0 aliphatic rings. The van der Waals surface area contributed by atoms with Crippen molar-refractivity contribution in [2.45, 2.75) is 34.1 Å². The maximum absolute atomic E-state index is 12.2. The van der Waals surface area contributed by atoms with Crippen molar-refractivity contribution in [3.8, 4) is 0 Å². The van der Waals surface area contributed by atoms with Gasteiger partial charge < -0.3 is 14.8 Å². The highest BCUT2D eigenvalue weighted by Gasteiger charge is 2.23. The third kappa shape index (κ3) is 6.19. The van der Waals surface area contributed by atoms with Gasteiger partial charge in [-0.3, -0.25) is 4.79 Å². The summed E-state index contributed by atoms with van der Waals surface area (Å²) in [5, 5.41) is 3.05. The van der Waals surface area contributed by atoms with E-state index in [0.717, 1.165) is 10.4 Å². The summed E-state index contributed by atoms with van der Waals surface area (Å²) < 4.78 is 9.93. The lowest BCUT2D eigenvalue weighted by molar-refractivity contribution is -0.142. The SMILES string of the molecule is CC=CC=CC(=O)OCC(=O)Nc1sc(C)c(CC)c1C(=O)OCC. The molecule has 0 bridgehead atoms. The Bertz CT molecular complexity index is 688. The van der Waals surface area contributed by atoms with Crippen molar-refractivity contribution >= 4 is 34.2 Å². The molecule has 1 aromatic rings. The summed E-state index contributed by atoms with van der Waals surface area (Å²) in [5.74, 6) is -1.59. The predicted molar refractivity (Wildman–Crippen MR) is 97.9 cm³/mol. The first-order valence-electron chi connectivity index (χ1n) is 7.99. The van der Waals surface area contributed by atoms with Crippen LogP contribution in [0.5, 0.6) is 0 Å². The molecule has 0 saturated heterocycles. The van der Waals surface area contributed by atoms with Crippen molar-refractivity contribution in [2.24, 2.45) is 0 Å². The standard InChI is InChI=1S/C18H23NO5S/c1-5-8-9-10-15(21)24-11-14(20)19-17-16(18(22)23-7-3)13(6-2)12(4)25-17/h5,8-10H,6-7,11H2,1-4H3,(H,19,20). The first kappa shape index (κ1) is 20.6. The molecule has 0 spiro atoms. The fraction of sp³-hybridized carbons (Fsp3) is 0.389. The molecule has 0 aromatic carbocycles. The first-order chi connectivity index (χ1) is 11.9. The third-order valence-corrected chi connectivity index (χ3v) is 4.24. The normalized spacial score (nSPS) is 11.0. The molecule has 25 heavy (non-hydrogen) atoms. The molecule has 1 N–H and O–H groups in total. The van der Waals surface area contributed by atoms with Gasteiger partial charge in [0.2, 0.25) is 0 Å². The van der Waals surface area contributed by atoms with Crippen LogP contribution in [-0.4, -0.2) is 31.1 Å². The summed E-state index contributed by atoms with van der Waals surface area (Å²) in [6.45, 7) is 7.18. The maximum atomic E-state index is 12.2. The van der Waals surface area contributed by atoms with E-state index in [1.165, 1.54) is 23.5 Å². The molecular weight excluding hydrogens is 342 g/mol. The van der Waals surface area contributed by atoms with Gasteiger partial charge in [-0.2, -0.15) is 0 Å². The van der Waals surface area contributed by atoms with Crippen LogP contribution in [0.2, 0.25) is 0 Å². The highest BCUT2D eigenvalue weighted by Crippen LogP contribution is 2.34. The van der Waals surface area contributed by atoms with E-state index in [0.29, 0.717) is 17.0 Å². The van der Waals surface area contributed by atoms with Crippen molar-refractivity contribution in [1.29, 1.82) is 0 Å². The lowest BCUT2D eigenvalue weighted by atomic mass is 10.1. The molecular formula is C18H23NO5S. The summed E-state index contributed by atoms with van der Waals surface area (Å²) in [7, 11) is 0. The number of aryl methyl sites for hydroxylation is 1. The zero-order valence-corrected chi connectivity index (χ0v) is 15.7. The lowest BCUT2D eigenvalue weighted by Crippen LogP contribution is -2.21. The smallest absolute Gasteiger partial charge is 0.341 e. The number of thiophene rings is 1. The fourth-order valence-electron chi connectivity index (χ4n) is 2.10. The average Bonchev–Trinajstić information content (AvgIpc) is 2.88. The Balaban J connectivity index is 2.80. The Morgan fingerprint density at radius 3 is 2.48 bits per heavy atom. The van der Waals surface area contributed by atoms with Crippen molar-refractivity contribution in [2.75, 3.05) is 18.5 Å². The van der Waals surface area contributed by atoms with E-state index < -0.39 is 24.5 Å². The highest BCUT2D eigenvalue weighted by molar-refractivity contribution is 7.16. The quantitative estimate of drug-likeness (QED) is 0.434. The number of allylic oxidation sites excluding steroid dienone is 3. The van der Waals surface area contributed by atoms with Crippen LogP contribution < -0.4 is 5.32 Å². The van der Waals surface area contributed by atoms with Crippen molar-refractivity contribution in [1.82, 2.24) is 0 Å². The van der Waals surface area contributed by atoms with Crippen LogP contribution >= 0.6 is 11.3 Å². The Morgan fingerprint density at radius 2 is 1.88 bits per heavy atom. The van der Waals surface area contributed by atoms with E-state index in [1.807, 2.05) is 20.8 Å². The monoisotopic (exact) mass is 365 g/mol. The first-order valence-corrected chi connectivity index (χ1v) is 8.81. The average molecular weight is 365 g/mol. The van der Waals surface area contributed by atoms with Crippen LogP contribution in [0, 0.1) is 6.92 Å². The van der Waals surface area contributed by atoms with Gasteiger partial charge in [0.1, 0.15) is 5.00 Å².